The average molecular weight is 299 g/mol. The lowest BCUT2D eigenvalue weighted by Crippen LogP contribution is -2.37. The molecule has 2 aliphatic heterocycles. The molecule has 0 bridgehead atoms. The van der Waals surface area contributed by atoms with Crippen molar-refractivity contribution in [3.63, 3.8) is 0 Å². The van der Waals surface area contributed by atoms with Crippen LogP contribution in [0.4, 0.5) is 0 Å². The van der Waals surface area contributed by atoms with Gasteiger partial charge in [0.25, 0.3) is 0 Å². The van der Waals surface area contributed by atoms with Crippen molar-refractivity contribution in [1.29, 1.82) is 0 Å². The van der Waals surface area contributed by atoms with E-state index < -0.39 is 0 Å². The molecule has 0 aromatic heterocycles. The van der Waals surface area contributed by atoms with Crippen molar-refractivity contribution >= 4 is 0 Å². The van der Waals surface area contributed by atoms with Crippen LogP contribution in [0.5, 0.6) is 0 Å². The first-order chi connectivity index (χ1) is 10.3. The topological polar surface area (TPSA) is 24.5 Å². The number of nitrogens with one attached hydrogen (secondary N) is 1. The van der Waals surface area contributed by atoms with Gasteiger partial charge in [-0.25, -0.2) is 0 Å². The maximum atomic E-state index is 5.88. The van der Waals surface area contributed by atoms with Crippen molar-refractivity contribution in [2.24, 2.45) is 17.8 Å². The fourth-order valence-electron chi connectivity index (χ4n) is 3.34. The van der Waals surface area contributed by atoms with Gasteiger partial charge in [-0.2, -0.15) is 0 Å². The van der Waals surface area contributed by atoms with E-state index in [1.165, 1.54) is 51.9 Å². The highest BCUT2D eigenvalue weighted by molar-refractivity contribution is 4.74. The van der Waals surface area contributed by atoms with Gasteiger partial charge in [-0.1, -0.05) is 27.7 Å². The maximum absolute atomic E-state index is 5.88. The van der Waals surface area contributed by atoms with E-state index in [4.69, 9.17) is 4.74 Å². The summed E-state index contributed by atoms with van der Waals surface area (Å²) < 4.78 is 5.88. The van der Waals surface area contributed by atoms with Gasteiger partial charge in [-0.05, 0) is 69.6 Å². The summed E-state index contributed by atoms with van der Waals surface area (Å²) in [6.45, 7) is 16.7. The Hall–Kier alpha value is -0.120. The Morgan fingerprint density at radius 3 is 2.24 bits per heavy atom. The monoisotopic (exact) mass is 298 g/mol. The van der Waals surface area contributed by atoms with Gasteiger partial charge < -0.3 is 15.0 Å². The van der Waals surface area contributed by atoms with Crippen molar-refractivity contribution in [1.82, 2.24) is 10.2 Å². The highest BCUT2D eigenvalue weighted by Gasteiger charge is 2.21. The van der Waals surface area contributed by atoms with Crippen LogP contribution in [0.2, 0.25) is 0 Å². The molecule has 3 heteroatoms. The third kappa shape index (κ3) is 7.62. The number of nitrogens with zero attached hydrogens (tertiary/aromatic N) is 1. The fourth-order valence-corrected chi connectivity index (χ4v) is 3.34. The largest absolute Gasteiger partial charge is 0.380 e. The van der Waals surface area contributed by atoms with Crippen molar-refractivity contribution in [3.05, 3.63) is 0 Å². The van der Waals surface area contributed by atoms with Crippen LogP contribution in [0.1, 0.15) is 53.4 Å². The van der Waals surface area contributed by atoms with Crippen molar-refractivity contribution in [2.45, 2.75) is 53.4 Å². The van der Waals surface area contributed by atoms with Crippen molar-refractivity contribution in [3.8, 4) is 0 Å². The molecular weight excluding hydrogens is 260 g/mol. The molecule has 0 saturated carbocycles. The number of ether oxygens (including phenoxy) is 1. The zero-order valence-electron chi connectivity index (χ0n) is 14.9. The molecule has 2 heterocycles. The zero-order valence-corrected chi connectivity index (χ0v) is 14.9. The van der Waals surface area contributed by atoms with Gasteiger partial charge in [0, 0.05) is 13.2 Å². The summed E-state index contributed by atoms with van der Waals surface area (Å²) >= 11 is 0. The molecule has 0 aliphatic carbocycles. The van der Waals surface area contributed by atoms with Crippen LogP contribution in [0, 0.1) is 17.8 Å². The summed E-state index contributed by atoms with van der Waals surface area (Å²) in [5.41, 5.74) is 0. The zero-order chi connectivity index (χ0) is 15.5. The van der Waals surface area contributed by atoms with E-state index in [1.807, 2.05) is 13.8 Å². The molecule has 2 rings (SSSR count). The Morgan fingerprint density at radius 1 is 1.05 bits per heavy atom. The quantitative estimate of drug-likeness (QED) is 0.761. The molecule has 126 valence electrons. The molecule has 2 fully saturated rings. The van der Waals surface area contributed by atoms with Crippen LogP contribution in [-0.4, -0.2) is 50.8 Å². The molecule has 0 atom stereocenters. The van der Waals surface area contributed by atoms with E-state index in [2.05, 4.69) is 24.1 Å². The molecule has 0 spiro atoms. The van der Waals surface area contributed by atoms with Crippen LogP contribution in [-0.2, 0) is 4.74 Å². The Kier molecular flexibility index (Phi) is 10.3. The van der Waals surface area contributed by atoms with Gasteiger partial charge in [0.15, 0.2) is 0 Å². The number of rotatable bonds is 6. The molecule has 3 nitrogen and oxygen atoms in total. The first-order valence-electron chi connectivity index (χ1n) is 9.26. The Balaban J connectivity index is 0.00000106. The molecule has 0 amide bonds. The fraction of sp³-hybridized carbons (Fsp3) is 1.00. The van der Waals surface area contributed by atoms with E-state index in [0.29, 0.717) is 0 Å². The summed E-state index contributed by atoms with van der Waals surface area (Å²) in [7, 11) is 0. The number of piperidine rings is 2. The van der Waals surface area contributed by atoms with Gasteiger partial charge in [0.1, 0.15) is 0 Å². The van der Waals surface area contributed by atoms with Crippen LogP contribution in [0.25, 0.3) is 0 Å². The van der Waals surface area contributed by atoms with Crippen molar-refractivity contribution < 1.29 is 4.74 Å². The molecule has 21 heavy (non-hydrogen) atoms. The highest BCUT2D eigenvalue weighted by Crippen LogP contribution is 2.24. The van der Waals surface area contributed by atoms with Crippen LogP contribution in [0.15, 0.2) is 0 Å². The second kappa shape index (κ2) is 11.4. The maximum Gasteiger partial charge on any atom is 0.0593 e. The number of likely N-dealkylation sites (tertiary alicyclic amines) is 1. The molecule has 2 aliphatic rings. The molecule has 2 saturated heterocycles. The lowest BCUT2D eigenvalue weighted by Gasteiger charge is -2.33. The second-order valence-corrected chi connectivity index (χ2v) is 6.69. The normalized spacial score (nSPS) is 22.1. The Morgan fingerprint density at radius 2 is 1.67 bits per heavy atom. The third-order valence-electron chi connectivity index (χ3n) is 4.94. The first kappa shape index (κ1) is 18.9. The molecule has 1 N–H and O–H groups in total. The summed E-state index contributed by atoms with van der Waals surface area (Å²) in [5.74, 6) is 2.61. The molecule has 0 aromatic rings. The van der Waals surface area contributed by atoms with Gasteiger partial charge in [0.2, 0.25) is 0 Å². The minimum Gasteiger partial charge on any atom is -0.380 e. The predicted molar refractivity (Wildman–Crippen MR) is 91.8 cm³/mol. The van der Waals surface area contributed by atoms with E-state index in [0.717, 1.165) is 37.5 Å². The van der Waals surface area contributed by atoms with Crippen LogP contribution in [0.3, 0.4) is 0 Å². The van der Waals surface area contributed by atoms with Crippen LogP contribution < -0.4 is 5.32 Å². The van der Waals surface area contributed by atoms with Gasteiger partial charge in [0.05, 0.1) is 6.61 Å². The SMILES string of the molecule is CC.CC(C)C1CCN(CCOCC2CCNCC2)CC1. The summed E-state index contributed by atoms with van der Waals surface area (Å²) in [4.78, 5) is 2.58. The minimum atomic E-state index is 0.799. The lowest BCUT2D eigenvalue weighted by molar-refractivity contribution is 0.0574. The minimum absolute atomic E-state index is 0.799. The predicted octanol–water partition coefficient (Wildman–Crippen LogP) is 3.40. The average Bonchev–Trinajstić information content (AvgIpc) is 2.55. The Labute approximate surface area is 132 Å². The van der Waals surface area contributed by atoms with Gasteiger partial charge in [-0.15, -0.1) is 0 Å². The molecule has 0 radical (unpaired) electrons. The summed E-state index contributed by atoms with van der Waals surface area (Å²) in [5, 5.41) is 3.41. The summed E-state index contributed by atoms with van der Waals surface area (Å²) in [6, 6.07) is 0. The molecular formula is C18H38N2O. The standard InChI is InChI=1S/C16H32N2O.C2H6/c1-14(2)16-5-9-18(10-6-16)11-12-19-13-15-3-7-17-8-4-15;1-2/h14-17H,3-13H2,1-2H3;1-2H3. The van der Waals surface area contributed by atoms with Crippen molar-refractivity contribution in [2.75, 3.05) is 45.9 Å². The Bertz CT molecular complexity index is 231. The van der Waals surface area contributed by atoms with E-state index in [1.54, 1.807) is 0 Å². The molecule has 0 unspecified atom stereocenters. The number of hydrogen-bond acceptors (Lipinski definition) is 3. The van der Waals surface area contributed by atoms with Gasteiger partial charge in [-0.3, -0.25) is 0 Å². The summed E-state index contributed by atoms with van der Waals surface area (Å²) in [6.07, 6.45) is 5.34. The van der Waals surface area contributed by atoms with E-state index in [9.17, 15) is 0 Å². The smallest absolute Gasteiger partial charge is 0.0593 e. The second-order valence-electron chi connectivity index (χ2n) is 6.69. The van der Waals surface area contributed by atoms with E-state index >= 15 is 0 Å². The van der Waals surface area contributed by atoms with E-state index in [-0.39, 0.29) is 0 Å². The lowest BCUT2D eigenvalue weighted by atomic mass is 9.87. The number of hydrogen-bond donors (Lipinski definition) is 1. The van der Waals surface area contributed by atoms with Gasteiger partial charge >= 0.3 is 0 Å². The van der Waals surface area contributed by atoms with Crippen LogP contribution >= 0.6 is 0 Å². The first-order valence-corrected chi connectivity index (χ1v) is 9.26. The molecule has 0 aromatic carbocycles. The highest BCUT2D eigenvalue weighted by atomic mass is 16.5. The third-order valence-corrected chi connectivity index (χ3v) is 4.94.